The first-order valence-corrected chi connectivity index (χ1v) is 4.43. The van der Waals surface area contributed by atoms with Gasteiger partial charge < -0.3 is 9.84 Å². The Morgan fingerprint density at radius 3 is 2.87 bits per heavy atom. The third-order valence-corrected chi connectivity index (χ3v) is 1.73. The zero-order chi connectivity index (χ0) is 10.7. The van der Waals surface area contributed by atoms with Crippen LogP contribution < -0.4 is 4.74 Å². The van der Waals surface area contributed by atoms with Gasteiger partial charge in [0.05, 0.1) is 0 Å². The number of rotatable bonds is 2. The topological polar surface area (TPSA) is 68.1 Å². The molecule has 0 aliphatic carbocycles. The van der Waals surface area contributed by atoms with E-state index < -0.39 is 0 Å². The van der Waals surface area contributed by atoms with Crippen molar-refractivity contribution in [3.05, 3.63) is 35.9 Å². The standard InChI is InChI=1S/C9H6ClN3O2/c10-8-11-5-12-9(13-8)15-7-3-1-2-6(14)4-7/h1-5,14H. The summed E-state index contributed by atoms with van der Waals surface area (Å²) < 4.78 is 5.23. The van der Waals surface area contributed by atoms with Crippen LogP contribution in [-0.2, 0) is 0 Å². The summed E-state index contributed by atoms with van der Waals surface area (Å²) in [5.74, 6) is 0.532. The van der Waals surface area contributed by atoms with Gasteiger partial charge in [0.25, 0.3) is 0 Å². The molecule has 5 nitrogen and oxygen atoms in total. The summed E-state index contributed by atoms with van der Waals surface area (Å²) >= 11 is 5.55. The molecule has 0 aliphatic rings. The molecule has 0 radical (unpaired) electrons. The Morgan fingerprint density at radius 1 is 1.27 bits per heavy atom. The monoisotopic (exact) mass is 223 g/mol. The second kappa shape index (κ2) is 4.10. The number of aromatic nitrogens is 3. The van der Waals surface area contributed by atoms with Crippen LogP contribution in [-0.4, -0.2) is 20.1 Å². The van der Waals surface area contributed by atoms with E-state index in [1.54, 1.807) is 12.1 Å². The third-order valence-electron chi connectivity index (χ3n) is 1.55. The third kappa shape index (κ3) is 2.54. The van der Waals surface area contributed by atoms with Gasteiger partial charge in [-0.3, -0.25) is 0 Å². The van der Waals surface area contributed by atoms with Gasteiger partial charge >= 0.3 is 6.01 Å². The maximum absolute atomic E-state index is 9.19. The SMILES string of the molecule is Oc1cccc(Oc2ncnc(Cl)n2)c1. The molecule has 0 unspecified atom stereocenters. The van der Waals surface area contributed by atoms with E-state index in [0.717, 1.165) is 0 Å². The molecule has 2 rings (SSSR count). The molecule has 76 valence electrons. The fraction of sp³-hybridized carbons (Fsp3) is 0. The van der Waals surface area contributed by atoms with Crippen LogP contribution in [0.15, 0.2) is 30.6 Å². The lowest BCUT2D eigenvalue weighted by molar-refractivity contribution is 0.429. The van der Waals surface area contributed by atoms with Crippen LogP contribution in [0.3, 0.4) is 0 Å². The van der Waals surface area contributed by atoms with Crippen LogP contribution in [0.2, 0.25) is 5.28 Å². The highest BCUT2D eigenvalue weighted by atomic mass is 35.5. The highest BCUT2D eigenvalue weighted by Gasteiger charge is 2.02. The van der Waals surface area contributed by atoms with Gasteiger partial charge in [-0.25, -0.2) is 4.98 Å². The molecule has 0 amide bonds. The Bertz CT molecular complexity index is 435. The van der Waals surface area contributed by atoms with Gasteiger partial charge in [0.2, 0.25) is 5.28 Å². The molecule has 1 N–H and O–H groups in total. The predicted octanol–water partition coefficient (Wildman–Crippen LogP) is 2.02. The van der Waals surface area contributed by atoms with E-state index in [0.29, 0.717) is 5.75 Å². The van der Waals surface area contributed by atoms with Crippen LogP contribution in [0.1, 0.15) is 0 Å². The Hall–Kier alpha value is -1.88. The van der Waals surface area contributed by atoms with E-state index in [-0.39, 0.29) is 17.0 Å². The minimum atomic E-state index is 0.0557. The maximum atomic E-state index is 9.19. The van der Waals surface area contributed by atoms with Crippen molar-refractivity contribution in [3.8, 4) is 17.5 Å². The number of phenols is 1. The summed E-state index contributed by atoms with van der Waals surface area (Å²) in [7, 11) is 0. The number of aromatic hydroxyl groups is 1. The average Bonchev–Trinajstić information content (AvgIpc) is 2.17. The van der Waals surface area contributed by atoms with Gasteiger partial charge in [-0.15, -0.1) is 0 Å². The number of hydrogen-bond acceptors (Lipinski definition) is 5. The molecule has 0 saturated heterocycles. The van der Waals surface area contributed by atoms with Crippen LogP contribution in [0.25, 0.3) is 0 Å². The van der Waals surface area contributed by atoms with E-state index >= 15 is 0 Å². The number of ether oxygens (including phenoxy) is 1. The van der Waals surface area contributed by atoms with Gasteiger partial charge in [-0.1, -0.05) is 6.07 Å². The van der Waals surface area contributed by atoms with Gasteiger partial charge in [-0.05, 0) is 23.7 Å². The van der Waals surface area contributed by atoms with Crippen molar-refractivity contribution in [2.24, 2.45) is 0 Å². The maximum Gasteiger partial charge on any atom is 0.326 e. The Labute approximate surface area is 90.4 Å². The Kier molecular flexibility index (Phi) is 2.64. The number of hydrogen-bond donors (Lipinski definition) is 1. The minimum absolute atomic E-state index is 0.0557. The molecule has 0 saturated carbocycles. The summed E-state index contributed by atoms with van der Waals surface area (Å²) in [4.78, 5) is 11.1. The first-order chi connectivity index (χ1) is 7.24. The highest BCUT2D eigenvalue weighted by Crippen LogP contribution is 2.21. The van der Waals surface area contributed by atoms with E-state index in [9.17, 15) is 5.11 Å². The molecule has 0 fully saturated rings. The molecule has 0 spiro atoms. The lowest BCUT2D eigenvalue weighted by Gasteiger charge is -2.02. The quantitative estimate of drug-likeness (QED) is 0.844. The summed E-state index contributed by atoms with van der Waals surface area (Å²) in [5.41, 5.74) is 0. The molecule has 15 heavy (non-hydrogen) atoms. The van der Waals surface area contributed by atoms with Crippen LogP contribution in [0.4, 0.5) is 0 Å². The predicted molar refractivity (Wildman–Crippen MR) is 53.0 cm³/mol. The molecular formula is C9H6ClN3O2. The highest BCUT2D eigenvalue weighted by molar-refractivity contribution is 6.28. The van der Waals surface area contributed by atoms with Gasteiger partial charge in [0.1, 0.15) is 17.8 Å². The first kappa shape index (κ1) is 9.67. The van der Waals surface area contributed by atoms with Crippen molar-refractivity contribution in [1.29, 1.82) is 0 Å². The molecule has 6 heteroatoms. The second-order valence-electron chi connectivity index (χ2n) is 2.64. The zero-order valence-electron chi connectivity index (χ0n) is 7.46. The van der Waals surface area contributed by atoms with Crippen LogP contribution in [0.5, 0.6) is 17.5 Å². The van der Waals surface area contributed by atoms with Crippen molar-refractivity contribution in [2.75, 3.05) is 0 Å². The minimum Gasteiger partial charge on any atom is -0.508 e. The summed E-state index contributed by atoms with van der Waals surface area (Å²) in [6, 6.07) is 6.37. The molecular weight excluding hydrogens is 218 g/mol. The number of benzene rings is 1. The van der Waals surface area contributed by atoms with Crippen molar-refractivity contribution in [1.82, 2.24) is 15.0 Å². The Morgan fingerprint density at radius 2 is 2.13 bits per heavy atom. The molecule has 1 heterocycles. The van der Waals surface area contributed by atoms with Crippen molar-refractivity contribution in [3.63, 3.8) is 0 Å². The summed E-state index contributed by atoms with van der Waals surface area (Å²) in [6.07, 6.45) is 1.24. The van der Waals surface area contributed by atoms with E-state index in [1.165, 1.54) is 18.5 Å². The fourth-order valence-corrected chi connectivity index (χ4v) is 1.08. The Balaban J connectivity index is 2.22. The molecule has 0 aliphatic heterocycles. The number of halogens is 1. The molecule has 1 aromatic heterocycles. The molecule has 2 aromatic rings. The second-order valence-corrected chi connectivity index (χ2v) is 2.97. The largest absolute Gasteiger partial charge is 0.508 e. The van der Waals surface area contributed by atoms with Crippen molar-refractivity contribution >= 4 is 11.6 Å². The first-order valence-electron chi connectivity index (χ1n) is 4.05. The van der Waals surface area contributed by atoms with Crippen molar-refractivity contribution in [2.45, 2.75) is 0 Å². The molecule has 0 bridgehead atoms. The van der Waals surface area contributed by atoms with Crippen LogP contribution >= 0.6 is 11.6 Å². The summed E-state index contributed by atoms with van der Waals surface area (Å²) in [5, 5.41) is 9.24. The smallest absolute Gasteiger partial charge is 0.326 e. The average molecular weight is 224 g/mol. The van der Waals surface area contributed by atoms with E-state index in [2.05, 4.69) is 15.0 Å². The molecule has 0 atom stereocenters. The number of nitrogens with zero attached hydrogens (tertiary/aromatic N) is 3. The lowest BCUT2D eigenvalue weighted by atomic mass is 10.3. The van der Waals surface area contributed by atoms with E-state index in [1.807, 2.05) is 0 Å². The van der Waals surface area contributed by atoms with Crippen molar-refractivity contribution < 1.29 is 9.84 Å². The molecule has 1 aromatic carbocycles. The van der Waals surface area contributed by atoms with Gasteiger partial charge in [0.15, 0.2) is 0 Å². The number of phenolic OH excluding ortho intramolecular Hbond substituents is 1. The van der Waals surface area contributed by atoms with Gasteiger partial charge in [0, 0.05) is 6.07 Å². The zero-order valence-corrected chi connectivity index (χ0v) is 8.22. The summed E-state index contributed by atoms with van der Waals surface area (Å²) in [6.45, 7) is 0. The van der Waals surface area contributed by atoms with Crippen LogP contribution in [0, 0.1) is 0 Å². The van der Waals surface area contributed by atoms with E-state index in [4.69, 9.17) is 16.3 Å². The fourth-order valence-electron chi connectivity index (χ4n) is 0.964. The van der Waals surface area contributed by atoms with Gasteiger partial charge in [-0.2, -0.15) is 9.97 Å². The lowest BCUT2D eigenvalue weighted by Crippen LogP contribution is -1.92. The normalized spacial score (nSPS) is 9.93.